The first kappa shape index (κ1) is 27.7. The van der Waals surface area contributed by atoms with E-state index in [2.05, 4.69) is 41.5 Å². The Morgan fingerprint density at radius 3 is 2.36 bits per heavy atom. The van der Waals surface area contributed by atoms with Crippen LogP contribution in [0.25, 0.3) is 11.1 Å². The number of carbonyl (C=O) groups is 4. The zero-order valence-corrected chi connectivity index (χ0v) is 21.6. The fourth-order valence-electron chi connectivity index (χ4n) is 5.18. The highest BCUT2D eigenvalue weighted by Gasteiger charge is 2.38. The van der Waals surface area contributed by atoms with E-state index in [1.807, 2.05) is 24.3 Å². The molecule has 0 aromatic heterocycles. The van der Waals surface area contributed by atoms with Gasteiger partial charge in [-0.3, -0.25) is 14.5 Å². The molecule has 2 aliphatic rings. The molecule has 1 aliphatic carbocycles. The van der Waals surface area contributed by atoms with Crippen LogP contribution in [0.1, 0.15) is 42.7 Å². The predicted molar refractivity (Wildman–Crippen MR) is 143 cm³/mol. The number of hydrogen-bond acceptors (Lipinski definition) is 6. The molecule has 0 radical (unpaired) electrons. The number of aliphatic carboxylic acids is 1. The van der Waals surface area contributed by atoms with Crippen LogP contribution in [0.4, 0.5) is 9.59 Å². The predicted octanol–water partition coefficient (Wildman–Crippen LogP) is 3.66. The van der Waals surface area contributed by atoms with Crippen LogP contribution >= 0.6 is 0 Å². The summed E-state index contributed by atoms with van der Waals surface area (Å²) in [5, 5.41) is 14.5. The zero-order chi connectivity index (χ0) is 27.8. The molecular weight excluding hydrogens is 502 g/mol. The highest BCUT2D eigenvalue weighted by Crippen LogP contribution is 2.44. The maximum atomic E-state index is 12.7. The molecule has 0 spiro atoms. The SMILES string of the molecule is C=CCOC(=O)N1C[C@H](CC(=O)O)NC(=O)[C@@H]1CCCCNC(=O)OCC1c2ccccc2-c2ccccc21. The second kappa shape index (κ2) is 12.9. The third-order valence-electron chi connectivity index (χ3n) is 6.94. The number of rotatable bonds is 11. The van der Waals surface area contributed by atoms with Gasteiger partial charge in [-0.05, 0) is 41.5 Å². The van der Waals surface area contributed by atoms with E-state index >= 15 is 0 Å². The van der Waals surface area contributed by atoms with E-state index in [1.54, 1.807) is 0 Å². The van der Waals surface area contributed by atoms with Gasteiger partial charge in [0.05, 0.1) is 12.5 Å². The number of benzene rings is 2. The van der Waals surface area contributed by atoms with Gasteiger partial charge in [-0.25, -0.2) is 9.59 Å². The van der Waals surface area contributed by atoms with Gasteiger partial charge in [-0.15, -0.1) is 0 Å². The number of hydrogen-bond donors (Lipinski definition) is 3. The van der Waals surface area contributed by atoms with Crippen LogP contribution in [0, 0.1) is 0 Å². The molecule has 206 valence electrons. The van der Waals surface area contributed by atoms with E-state index in [0.717, 1.165) is 22.3 Å². The van der Waals surface area contributed by atoms with Crippen LogP contribution in [0.15, 0.2) is 61.2 Å². The molecule has 0 saturated carbocycles. The minimum Gasteiger partial charge on any atom is -0.481 e. The average Bonchev–Trinajstić information content (AvgIpc) is 3.24. The Bertz CT molecular complexity index is 1190. The van der Waals surface area contributed by atoms with Gasteiger partial charge in [0, 0.05) is 19.0 Å². The fourth-order valence-corrected chi connectivity index (χ4v) is 5.18. The lowest BCUT2D eigenvalue weighted by atomic mass is 9.98. The number of nitrogens with one attached hydrogen (secondary N) is 2. The maximum absolute atomic E-state index is 12.7. The largest absolute Gasteiger partial charge is 0.481 e. The first-order chi connectivity index (χ1) is 18.9. The average molecular weight is 536 g/mol. The van der Waals surface area contributed by atoms with Crippen LogP contribution in [-0.4, -0.2) is 72.5 Å². The highest BCUT2D eigenvalue weighted by molar-refractivity contribution is 5.87. The Kier molecular flexibility index (Phi) is 9.19. The third kappa shape index (κ3) is 6.76. The van der Waals surface area contributed by atoms with Crippen molar-refractivity contribution in [3.63, 3.8) is 0 Å². The number of unbranched alkanes of at least 4 members (excludes halogenated alkanes) is 1. The minimum atomic E-state index is -1.07. The molecule has 2 atom stereocenters. The van der Waals surface area contributed by atoms with Crippen LogP contribution in [0.5, 0.6) is 0 Å². The molecule has 1 heterocycles. The summed E-state index contributed by atoms with van der Waals surface area (Å²) in [6.07, 6.45) is 1.34. The molecule has 3 amide bonds. The van der Waals surface area contributed by atoms with E-state index in [9.17, 15) is 19.2 Å². The number of nitrogens with zero attached hydrogens (tertiary/aromatic N) is 1. The van der Waals surface area contributed by atoms with Gasteiger partial charge < -0.3 is 25.2 Å². The Morgan fingerprint density at radius 2 is 1.72 bits per heavy atom. The Hall–Kier alpha value is -4.34. The van der Waals surface area contributed by atoms with Crippen molar-refractivity contribution in [3.8, 4) is 11.1 Å². The molecule has 4 rings (SSSR count). The monoisotopic (exact) mass is 535 g/mol. The number of fused-ring (bicyclic) bond motifs is 3. The summed E-state index contributed by atoms with van der Waals surface area (Å²) in [5.41, 5.74) is 4.59. The summed E-state index contributed by atoms with van der Waals surface area (Å²) in [7, 11) is 0. The Labute approximate surface area is 227 Å². The second-order valence-electron chi connectivity index (χ2n) is 9.59. The quantitative estimate of drug-likeness (QED) is 0.295. The fraction of sp³-hybridized carbons (Fsp3) is 0.379. The summed E-state index contributed by atoms with van der Waals surface area (Å²) in [5.74, 6) is -1.52. The third-order valence-corrected chi connectivity index (χ3v) is 6.94. The standard InChI is InChI=1S/C29H33N3O7/c1-2-15-38-29(37)32-17-19(16-26(33)34)31-27(35)25(32)13-7-8-14-30-28(36)39-18-24-22-11-5-3-9-20(22)21-10-4-6-12-23(21)24/h2-6,9-12,19,24-25H,1,7-8,13-18H2,(H,30,36)(H,31,35)(H,33,34)/t19-,25-/m0/s1. The summed E-state index contributed by atoms with van der Waals surface area (Å²) < 4.78 is 10.6. The van der Waals surface area contributed by atoms with Gasteiger partial charge in [-0.2, -0.15) is 0 Å². The molecule has 1 fully saturated rings. The van der Waals surface area contributed by atoms with Crippen molar-refractivity contribution < 1.29 is 33.8 Å². The molecule has 1 aliphatic heterocycles. The molecule has 39 heavy (non-hydrogen) atoms. The Morgan fingerprint density at radius 1 is 1.05 bits per heavy atom. The van der Waals surface area contributed by atoms with Crippen molar-refractivity contribution in [2.75, 3.05) is 26.3 Å². The maximum Gasteiger partial charge on any atom is 0.410 e. The van der Waals surface area contributed by atoms with Crippen LogP contribution in [-0.2, 0) is 19.1 Å². The van der Waals surface area contributed by atoms with E-state index in [-0.39, 0.29) is 32.1 Å². The summed E-state index contributed by atoms with van der Waals surface area (Å²) >= 11 is 0. The van der Waals surface area contributed by atoms with Gasteiger partial charge in [0.15, 0.2) is 0 Å². The second-order valence-corrected chi connectivity index (χ2v) is 9.59. The van der Waals surface area contributed by atoms with E-state index in [1.165, 1.54) is 11.0 Å². The summed E-state index contributed by atoms with van der Waals surface area (Å²) in [6.45, 7) is 4.09. The van der Waals surface area contributed by atoms with Gasteiger partial charge in [0.25, 0.3) is 0 Å². The molecular formula is C29H33N3O7. The molecule has 3 N–H and O–H groups in total. The topological polar surface area (TPSA) is 134 Å². The number of carboxylic acids is 1. The number of piperazine rings is 1. The molecule has 0 bridgehead atoms. The molecule has 2 aromatic rings. The number of ether oxygens (including phenoxy) is 2. The lowest BCUT2D eigenvalue weighted by Gasteiger charge is -2.38. The van der Waals surface area contributed by atoms with Gasteiger partial charge in [-0.1, -0.05) is 61.2 Å². The van der Waals surface area contributed by atoms with Crippen LogP contribution in [0.2, 0.25) is 0 Å². The van der Waals surface area contributed by atoms with Gasteiger partial charge >= 0.3 is 18.2 Å². The van der Waals surface area contributed by atoms with E-state index < -0.39 is 36.1 Å². The summed E-state index contributed by atoms with van der Waals surface area (Å²) in [4.78, 5) is 49.9. The zero-order valence-electron chi connectivity index (χ0n) is 21.6. The summed E-state index contributed by atoms with van der Waals surface area (Å²) in [6, 6.07) is 14.8. The first-order valence-corrected chi connectivity index (χ1v) is 13.0. The number of amides is 3. The van der Waals surface area contributed by atoms with Crippen molar-refractivity contribution in [2.45, 2.75) is 43.7 Å². The number of carbonyl (C=O) groups excluding carboxylic acids is 3. The van der Waals surface area contributed by atoms with Crippen molar-refractivity contribution in [2.24, 2.45) is 0 Å². The van der Waals surface area contributed by atoms with E-state index in [0.29, 0.717) is 25.8 Å². The van der Waals surface area contributed by atoms with Crippen molar-refractivity contribution in [3.05, 3.63) is 72.3 Å². The Balaban J connectivity index is 1.23. The lowest BCUT2D eigenvalue weighted by molar-refractivity contribution is -0.139. The van der Waals surface area contributed by atoms with Gasteiger partial charge in [0.1, 0.15) is 19.3 Å². The van der Waals surface area contributed by atoms with Crippen molar-refractivity contribution >= 4 is 24.1 Å². The molecule has 10 nitrogen and oxygen atoms in total. The normalized spacial score (nSPS) is 17.9. The minimum absolute atomic E-state index is 0.0165. The van der Waals surface area contributed by atoms with Crippen molar-refractivity contribution in [1.82, 2.24) is 15.5 Å². The van der Waals surface area contributed by atoms with Crippen LogP contribution in [0.3, 0.4) is 0 Å². The molecule has 1 saturated heterocycles. The first-order valence-electron chi connectivity index (χ1n) is 13.0. The van der Waals surface area contributed by atoms with E-state index in [4.69, 9.17) is 14.6 Å². The lowest BCUT2D eigenvalue weighted by Crippen LogP contribution is -2.62. The van der Waals surface area contributed by atoms with Crippen LogP contribution < -0.4 is 10.6 Å². The smallest absolute Gasteiger partial charge is 0.410 e. The highest BCUT2D eigenvalue weighted by atomic mass is 16.6. The molecule has 0 unspecified atom stereocenters. The number of alkyl carbamates (subject to hydrolysis) is 1. The van der Waals surface area contributed by atoms with Gasteiger partial charge in [0.2, 0.25) is 5.91 Å². The molecule has 2 aromatic carbocycles. The van der Waals surface area contributed by atoms with Crippen molar-refractivity contribution in [1.29, 1.82) is 0 Å². The number of carboxylic acid groups (broad SMARTS) is 1. The molecule has 10 heteroatoms.